The van der Waals surface area contributed by atoms with Crippen LogP contribution in [0.15, 0.2) is 42.5 Å². The number of anilines is 1. The zero-order valence-corrected chi connectivity index (χ0v) is 15.0. The molecule has 1 aromatic heterocycles. The number of benzene rings is 2. The number of carbonyl (C=O) groups is 2. The van der Waals surface area contributed by atoms with Crippen molar-refractivity contribution in [2.45, 2.75) is 17.4 Å². The number of hydrogen-bond donors (Lipinski definition) is 1. The molecule has 8 heteroatoms. The maximum absolute atomic E-state index is 13.3. The number of aromatic amines is 1. The summed E-state index contributed by atoms with van der Waals surface area (Å²) in [4.78, 5) is 33.6. The molecule has 26 heavy (non-hydrogen) atoms. The van der Waals surface area contributed by atoms with Gasteiger partial charge in [-0.1, -0.05) is 23.7 Å². The predicted molar refractivity (Wildman–Crippen MR) is 99.7 cm³/mol. The second-order valence-corrected chi connectivity index (χ2v) is 7.47. The van der Waals surface area contributed by atoms with Gasteiger partial charge in [0.1, 0.15) is 11.6 Å². The average Bonchev–Trinajstić information content (AvgIpc) is 3.16. The summed E-state index contributed by atoms with van der Waals surface area (Å²) in [5.74, 6) is -0.000244. The number of amides is 2. The van der Waals surface area contributed by atoms with Crippen LogP contribution in [0, 0.1) is 5.82 Å². The molecule has 132 valence electrons. The molecule has 1 fully saturated rings. The molecule has 0 unspecified atom stereocenters. The van der Waals surface area contributed by atoms with Gasteiger partial charge in [-0.25, -0.2) is 14.3 Å². The largest absolute Gasteiger partial charge is 0.341 e. The van der Waals surface area contributed by atoms with E-state index >= 15 is 0 Å². The van der Waals surface area contributed by atoms with Gasteiger partial charge in [-0.2, -0.15) is 0 Å². The number of H-pyrrole nitrogens is 1. The smallest absolute Gasteiger partial charge is 0.247 e. The number of para-hydroxylation sites is 2. The summed E-state index contributed by atoms with van der Waals surface area (Å²) in [6, 6.07) is 11.5. The maximum atomic E-state index is 13.3. The Hall–Kier alpha value is -2.38. The van der Waals surface area contributed by atoms with Gasteiger partial charge in [-0.15, -0.1) is 11.8 Å². The van der Waals surface area contributed by atoms with Crippen LogP contribution < -0.4 is 4.90 Å². The highest BCUT2D eigenvalue weighted by atomic mass is 35.5. The topological polar surface area (TPSA) is 66.1 Å². The van der Waals surface area contributed by atoms with E-state index in [1.165, 1.54) is 23.9 Å². The molecule has 1 aliphatic rings. The minimum absolute atomic E-state index is 0.0960. The van der Waals surface area contributed by atoms with Crippen LogP contribution in [-0.2, 0) is 15.3 Å². The van der Waals surface area contributed by atoms with Crippen LogP contribution in [0.4, 0.5) is 10.1 Å². The summed E-state index contributed by atoms with van der Waals surface area (Å²) in [6.45, 7) is 0. The molecule has 0 spiro atoms. The van der Waals surface area contributed by atoms with Gasteiger partial charge in [0, 0.05) is 6.42 Å². The molecule has 1 atom stereocenters. The number of aromatic nitrogens is 2. The Bertz CT molecular complexity index is 990. The number of fused-ring (bicyclic) bond motifs is 1. The summed E-state index contributed by atoms with van der Waals surface area (Å²) in [5, 5.41) is -0.624. The third-order valence-corrected chi connectivity index (χ3v) is 5.63. The first kappa shape index (κ1) is 17.1. The summed E-state index contributed by atoms with van der Waals surface area (Å²) >= 11 is 7.12. The quantitative estimate of drug-likeness (QED) is 0.687. The monoisotopic (exact) mass is 389 g/mol. The lowest BCUT2D eigenvalue weighted by Crippen LogP contribution is -2.31. The van der Waals surface area contributed by atoms with Gasteiger partial charge in [0.25, 0.3) is 0 Å². The fourth-order valence-electron chi connectivity index (χ4n) is 2.88. The lowest BCUT2D eigenvalue weighted by atomic mass is 10.3. The Balaban J connectivity index is 1.49. The van der Waals surface area contributed by atoms with Crippen molar-refractivity contribution < 1.29 is 14.0 Å². The lowest BCUT2D eigenvalue weighted by molar-refractivity contribution is -0.121. The van der Waals surface area contributed by atoms with E-state index in [9.17, 15) is 14.0 Å². The third kappa shape index (κ3) is 3.08. The number of nitrogens with zero attached hydrogens (tertiary/aromatic N) is 2. The van der Waals surface area contributed by atoms with Gasteiger partial charge < -0.3 is 4.98 Å². The number of imide groups is 1. The van der Waals surface area contributed by atoms with Gasteiger partial charge in [0.05, 0.1) is 32.7 Å². The number of rotatable bonds is 4. The molecule has 0 aliphatic carbocycles. The van der Waals surface area contributed by atoms with E-state index < -0.39 is 11.1 Å². The molecule has 5 nitrogen and oxygen atoms in total. The van der Waals surface area contributed by atoms with Crippen LogP contribution in [0.1, 0.15) is 12.2 Å². The molecule has 3 aromatic rings. The van der Waals surface area contributed by atoms with Crippen molar-refractivity contribution in [3.8, 4) is 0 Å². The first-order valence-electron chi connectivity index (χ1n) is 7.90. The molecule has 0 radical (unpaired) electrons. The molecule has 2 heterocycles. The summed E-state index contributed by atoms with van der Waals surface area (Å²) in [6.07, 6.45) is 0.0960. The van der Waals surface area contributed by atoms with E-state index in [4.69, 9.17) is 11.6 Å². The highest BCUT2D eigenvalue weighted by molar-refractivity contribution is 7.99. The van der Waals surface area contributed by atoms with Crippen molar-refractivity contribution in [2.24, 2.45) is 0 Å². The number of nitrogens with one attached hydrogen (secondary N) is 1. The molecule has 4 rings (SSSR count). The second-order valence-electron chi connectivity index (χ2n) is 5.87. The Morgan fingerprint density at radius 1 is 1.27 bits per heavy atom. The molecule has 1 aliphatic heterocycles. The van der Waals surface area contributed by atoms with Gasteiger partial charge in [-0.05, 0) is 30.3 Å². The van der Waals surface area contributed by atoms with Crippen molar-refractivity contribution in [3.63, 3.8) is 0 Å². The van der Waals surface area contributed by atoms with Gasteiger partial charge >= 0.3 is 0 Å². The summed E-state index contributed by atoms with van der Waals surface area (Å²) < 4.78 is 13.3. The van der Waals surface area contributed by atoms with E-state index in [1.54, 1.807) is 0 Å². The van der Waals surface area contributed by atoms with Crippen LogP contribution in [0.2, 0.25) is 5.02 Å². The number of thioether (sulfide) groups is 1. The Kier molecular flexibility index (Phi) is 4.42. The predicted octanol–water partition coefficient (Wildman–Crippen LogP) is 3.92. The third-order valence-electron chi connectivity index (χ3n) is 4.13. The van der Waals surface area contributed by atoms with Crippen molar-refractivity contribution in [1.29, 1.82) is 0 Å². The normalized spacial score (nSPS) is 17.5. The van der Waals surface area contributed by atoms with E-state index in [0.29, 0.717) is 11.4 Å². The minimum Gasteiger partial charge on any atom is -0.341 e. The first-order valence-corrected chi connectivity index (χ1v) is 9.32. The minimum atomic E-state index is -0.592. The Morgan fingerprint density at radius 2 is 2.08 bits per heavy atom. The van der Waals surface area contributed by atoms with Gasteiger partial charge in [0.15, 0.2) is 0 Å². The van der Waals surface area contributed by atoms with Crippen molar-refractivity contribution in [3.05, 3.63) is 59.1 Å². The highest BCUT2D eigenvalue weighted by Crippen LogP contribution is 2.32. The zero-order chi connectivity index (χ0) is 18.3. The number of halogens is 2. The fourth-order valence-corrected chi connectivity index (χ4v) is 4.06. The van der Waals surface area contributed by atoms with Crippen LogP contribution in [0.25, 0.3) is 11.0 Å². The number of hydrogen-bond acceptors (Lipinski definition) is 4. The van der Waals surface area contributed by atoms with E-state index in [-0.39, 0.29) is 23.3 Å². The van der Waals surface area contributed by atoms with E-state index in [2.05, 4.69) is 9.97 Å². The Labute approximate surface area is 157 Å². The van der Waals surface area contributed by atoms with E-state index in [1.807, 2.05) is 24.3 Å². The first-order chi connectivity index (χ1) is 12.5. The molecular formula is C18H13ClFN3O2S. The second kappa shape index (κ2) is 6.74. The van der Waals surface area contributed by atoms with Crippen molar-refractivity contribution >= 4 is 51.9 Å². The Morgan fingerprint density at radius 3 is 2.85 bits per heavy atom. The van der Waals surface area contributed by atoms with Crippen LogP contribution in [-0.4, -0.2) is 27.0 Å². The van der Waals surface area contributed by atoms with Crippen LogP contribution >= 0.6 is 23.4 Å². The molecule has 1 saturated heterocycles. The average molecular weight is 390 g/mol. The van der Waals surface area contributed by atoms with Crippen LogP contribution in [0.5, 0.6) is 0 Å². The highest BCUT2D eigenvalue weighted by Gasteiger charge is 2.40. The SMILES string of the molecule is O=C1C[C@@H](SCc2nc3ccccc3[nH]2)C(=O)N1c1ccc(F)c(Cl)c1. The fraction of sp³-hybridized carbons (Fsp3) is 0.167. The number of carbonyl (C=O) groups excluding carboxylic acids is 2. The lowest BCUT2D eigenvalue weighted by Gasteiger charge is -2.15. The summed E-state index contributed by atoms with van der Waals surface area (Å²) in [7, 11) is 0. The molecule has 2 amide bonds. The number of imidazole rings is 1. The molecule has 0 saturated carbocycles. The summed E-state index contributed by atoms with van der Waals surface area (Å²) in [5.41, 5.74) is 2.08. The molecule has 2 aromatic carbocycles. The molecule has 0 bridgehead atoms. The standard InChI is InChI=1S/C18H13ClFN3O2S/c19-11-7-10(5-6-12(11)20)23-17(24)8-15(18(23)25)26-9-16-21-13-3-1-2-4-14(13)22-16/h1-7,15H,8-9H2,(H,21,22)/t15-/m1/s1. The van der Waals surface area contributed by atoms with Crippen LogP contribution in [0.3, 0.4) is 0 Å². The van der Waals surface area contributed by atoms with Crippen molar-refractivity contribution in [2.75, 3.05) is 4.90 Å². The molecular weight excluding hydrogens is 377 g/mol. The van der Waals surface area contributed by atoms with Crippen molar-refractivity contribution in [1.82, 2.24) is 9.97 Å². The maximum Gasteiger partial charge on any atom is 0.247 e. The zero-order valence-electron chi connectivity index (χ0n) is 13.4. The molecule has 1 N–H and O–H groups in total. The van der Waals surface area contributed by atoms with E-state index in [0.717, 1.165) is 27.8 Å². The van der Waals surface area contributed by atoms with Gasteiger partial charge in [0.2, 0.25) is 11.8 Å². The van der Waals surface area contributed by atoms with Gasteiger partial charge in [-0.3, -0.25) is 9.59 Å².